The lowest BCUT2D eigenvalue weighted by atomic mass is 10.1. The zero-order valence-electron chi connectivity index (χ0n) is 9.36. The van der Waals surface area contributed by atoms with Crippen LogP contribution in [-0.4, -0.2) is 27.7 Å². The molecule has 84 valence electrons. The summed E-state index contributed by atoms with van der Waals surface area (Å²) in [6, 6.07) is 1.65. The van der Waals surface area contributed by atoms with Crippen molar-refractivity contribution in [3.8, 4) is 0 Å². The second-order valence-electron chi connectivity index (χ2n) is 3.90. The minimum absolute atomic E-state index is 0.0151. The number of aryl methyl sites for hydroxylation is 1. The van der Waals surface area contributed by atoms with Crippen molar-refractivity contribution in [2.24, 2.45) is 5.92 Å². The van der Waals surface area contributed by atoms with Gasteiger partial charge in [0, 0.05) is 6.07 Å². The zero-order chi connectivity index (χ0) is 11.4. The average molecular weight is 210 g/mol. The molecule has 0 aliphatic rings. The first-order valence-corrected chi connectivity index (χ1v) is 5.01. The van der Waals surface area contributed by atoms with E-state index in [0.29, 0.717) is 23.4 Å². The summed E-state index contributed by atoms with van der Waals surface area (Å²) in [5, 5.41) is 12.3. The maximum absolute atomic E-state index is 9.16. The second kappa shape index (κ2) is 4.93. The predicted molar refractivity (Wildman–Crippen MR) is 60.5 cm³/mol. The zero-order valence-corrected chi connectivity index (χ0v) is 9.36. The molecule has 5 heteroatoms. The van der Waals surface area contributed by atoms with Gasteiger partial charge in [-0.05, 0) is 12.8 Å². The molecule has 0 spiro atoms. The van der Waals surface area contributed by atoms with Crippen LogP contribution in [-0.2, 0) is 0 Å². The molecule has 0 saturated heterocycles. The van der Waals surface area contributed by atoms with Crippen molar-refractivity contribution in [1.82, 2.24) is 9.97 Å². The van der Waals surface area contributed by atoms with Crippen LogP contribution in [0.4, 0.5) is 11.6 Å². The van der Waals surface area contributed by atoms with Gasteiger partial charge in [0.1, 0.15) is 17.5 Å². The van der Waals surface area contributed by atoms with E-state index in [1.54, 1.807) is 13.0 Å². The van der Waals surface area contributed by atoms with Gasteiger partial charge >= 0.3 is 0 Å². The van der Waals surface area contributed by atoms with Gasteiger partial charge in [-0.2, -0.15) is 0 Å². The first kappa shape index (κ1) is 11.7. The Hall–Kier alpha value is -1.36. The molecule has 4 N–H and O–H groups in total. The number of aromatic nitrogens is 2. The van der Waals surface area contributed by atoms with Gasteiger partial charge in [0.25, 0.3) is 0 Å². The summed E-state index contributed by atoms with van der Waals surface area (Å²) in [6.45, 7) is 5.92. The van der Waals surface area contributed by atoms with E-state index in [1.165, 1.54) is 0 Å². The lowest BCUT2D eigenvalue weighted by molar-refractivity contribution is 0.249. The molecule has 5 nitrogen and oxygen atoms in total. The number of nitrogens with zero attached hydrogens (tertiary/aromatic N) is 2. The molecule has 1 aromatic rings. The minimum atomic E-state index is -0.0151. The highest BCUT2D eigenvalue weighted by atomic mass is 16.3. The highest BCUT2D eigenvalue weighted by Gasteiger charge is 2.12. The molecule has 0 amide bonds. The molecule has 0 bridgehead atoms. The van der Waals surface area contributed by atoms with Crippen LogP contribution in [0.5, 0.6) is 0 Å². The minimum Gasteiger partial charge on any atom is -0.394 e. The maximum Gasteiger partial charge on any atom is 0.132 e. The van der Waals surface area contributed by atoms with Crippen molar-refractivity contribution < 1.29 is 5.11 Å². The van der Waals surface area contributed by atoms with E-state index in [2.05, 4.69) is 15.3 Å². The molecule has 0 aliphatic carbocycles. The number of hydrogen-bond donors (Lipinski definition) is 3. The fraction of sp³-hybridized carbons (Fsp3) is 0.600. The van der Waals surface area contributed by atoms with Gasteiger partial charge in [-0.15, -0.1) is 0 Å². The van der Waals surface area contributed by atoms with Crippen molar-refractivity contribution >= 4 is 11.6 Å². The normalized spacial score (nSPS) is 12.9. The molecule has 15 heavy (non-hydrogen) atoms. The Bertz CT molecular complexity index is 307. The number of rotatable bonds is 4. The van der Waals surface area contributed by atoms with Crippen LogP contribution in [0.2, 0.25) is 0 Å². The van der Waals surface area contributed by atoms with Gasteiger partial charge in [-0.25, -0.2) is 9.97 Å². The van der Waals surface area contributed by atoms with Crippen LogP contribution in [0.3, 0.4) is 0 Å². The van der Waals surface area contributed by atoms with Crippen molar-refractivity contribution in [2.75, 3.05) is 17.7 Å². The second-order valence-corrected chi connectivity index (χ2v) is 3.90. The van der Waals surface area contributed by atoms with Crippen LogP contribution in [0.15, 0.2) is 6.07 Å². The van der Waals surface area contributed by atoms with Crippen LogP contribution >= 0.6 is 0 Å². The Morgan fingerprint density at radius 3 is 2.60 bits per heavy atom. The van der Waals surface area contributed by atoms with E-state index in [4.69, 9.17) is 10.8 Å². The highest BCUT2D eigenvalue weighted by molar-refractivity contribution is 5.45. The Morgan fingerprint density at radius 2 is 2.13 bits per heavy atom. The predicted octanol–water partition coefficient (Wildman–Crippen LogP) is 0.796. The number of nitrogens with two attached hydrogens (primary N) is 1. The van der Waals surface area contributed by atoms with Gasteiger partial charge in [-0.1, -0.05) is 13.8 Å². The summed E-state index contributed by atoms with van der Waals surface area (Å²) in [5.74, 6) is 2.04. The molecule has 1 atom stereocenters. The molecule has 0 saturated carbocycles. The van der Waals surface area contributed by atoms with Crippen LogP contribution < -0.4 is 11.1 Å². The van der Waals surface area contributed by atoms with E-state index < -0.39 is 0 Å². The number of aliphatic hydroxyl groups is 1. The first-order valence-electron chi connectivity index (χ1n) is 5.01. The molecular formula is C10H18N4O. The van der Waals surface area contributed by atoms with E-state index >= 15 is 0 Å². The number of hydrogen-bond acceptors (Lipinski definition) is 5. The Balaban J connectivity index is 2.79. The van der Waals surface area contributed by atoms with E-state index in [1.807, 2.05) is 13.8 Å². The Labute approximate surface area is 89.7 Å². The third-order valence-corrected chi connectivity index (χ3v) is 2.19. The first-order chi connectivity index (χ1) is 7.02. The smallest absolute Gasteiger partial charge is 0.132 e. The van der Waals surface area contributed by atoms with Crippen LogP contribution in [0.1, 0.15) is 19.7 Å². The topological polar surface area (TPSA) is 84.1 Å². The van der Waals surface area contributed by atoms with E-state index in [9.17, 15) is 0 Å². The van der Waals surface area contributed by atoms with Crippen molar-refractivity contribution in [3.05, 3.63) is 11.9 Å². The van der Waals surface area contributed by atoms with Crippen LogP contribution in [0, 0.1) is 12.8 Å². The molecule has 1 aromatic heterocycles. The lowest BCUT2D eigenvalue weighted by Crippen LogP contribution is -2.30. The lowest BCUT2D eigenvalue weighted by Gasteiger charge is -2.20. The van der Waals surface area contributed by atoms with E-state index in [-0.39, 0.29) is 12.6 Å². The molecule has 0 aromatic carbocycles. The quantitative estimate of drug-likeness (QED) is 0.684. The van der Waals surface area contributed by atoms with Gasteiger partial charge in [0.05, 0.1) is 12.6 Å². The maximum atomic E-state index is 9.16. The molecule has 1 rings (SSSR count). The number of anilines is 2. The molecule has 0 aliphatic heterocycles. The molecular weight excluding hydrogens is 192 g/mol. The highest BCUT2D eigenvalue weighted by Crippen LogP contribution is 2.12. The third kappa shape index (κ3) is 3.36. The average Bonchev–Trinajstić information content (AvgIpc) is 2.12. The SMILES string of the molecule is Cc1nc(N)cc(NC(CO)C(C)C)n1. The van der Waals surface area contributed by atoms with Crippen molar-refractivity contribution in [2.45, 2.75) is 26.8 Å². The number of nitrogens with one attached hydrogen (secondary N) is 1. The molecule has 1 heterocycles. The summed E-state index contributed by atoms with van der Waals surface area (Å²) in [6.07, 6.45) is 0. The Kier molecular flexibility index (Phi) is 3.85. The van der Waals surface area contributed by atoms with Gasteiger partial charge < -0.3 is 16.2 Å². The summed E-state index contributed by atoms with van der Waals surface area (Å²) >= 11 is 0. The molecule has 0 fully saturated rings. The Morgan fingerprint density at radius 1 is 1.47 bits per heavy atom. The third-order valence-electron chi connectivity index (χ3n) is 2.19. The summed E-state index contributed by atoms with van der Waals surface area (Å²) in [7, 11) is 0. The number of aliphatic hydroxyl groups excluding tert-OH is 1. The largest absolute Gasteiger partial charge is 0.394 e. The molecule has 0 radical (unpaired) electrons. The molecule has 1 unspecified atom stereocenters. The summed E-state index contributed by atoms with van der Waals surface area (Å²) in [4.78, 5) is 8.17. The van der Waals surface area contributed by atoms with Crippen LogP contribution in [0.25, 0.3) is 0 Å². The van der Waals surface area contributed by atoms with E-state index in [0.717, 1.165) is 0 Å². The monoisotopic (exact) mass is 210 g/mol. The van der Waals surface area contributed by atoms with Gasteiger partial charge in [-0.3, -0.25) is 0 Å². The van der Waals surface area contributed by atoms with Crippen molar-refractivity contribution in [1.29, 1.82) is 0 Å². The van der Waals surface area contributed by atoms with Gasteiger partial charge in [0.15, 0.2) is 0 Å². The summed E-state index contributed by atoms with van der Waals surface area (Å²) in [5.41, 5.74) is 5.60. The number of nitrogen functional groups attached to an aromatic ring is 1. The van der Waals surface area contributed by atoms with Crippen molar-refractivity contribution in [3.63, 3.8) is 0 Å². The fourth-order valence-corrected chi connectivity index (χ4v) is 1.28. The van der Waals surface area contributed by atoms with Gasteiger partial charge in [0.2, 0.25) is 0 Å². The summed E-state index contributed by atoms with van der Waals surface area (Å²) < 4.78 is 0. The standard InChI is InChI=1S/C10H18N4O/c1-6(2)8(5-15)14-10-4-9(11)12-7(3)13-10/h4,6,8,15H,5H2,1-3H3,(H3,11,12,13,14). The fourth-order valence-electron chi connectivity index (χ4n) is 1.28.